The van der Waals surface area contributed by atoms with Crippen LogP contribution in [0.1, 0.15) is 0 Å². The minimum atomic E-state index is -3.85. The summed E-state index contributed by atoms with van der Waals surface area (Å²) in [4.78, 5) is -0.182. The normalized spacial score (nSPS) is 26.3. The van der Waals surface area contributed by atoms with Gasteiger partial charge in [0.25, 0.3) is 0 Å². The van der Waals surface area contributed by atoms with Gasteiger partial charge in [0.15, 0.2) is 0 Å². The summed E-state index contributed by atoms with van der Waals surface area (Å²) in [5.41, 5.74) is 0. The third-order valence-corrected chi connectivity index (χ3v) is 4.49. The summed E-state index contributed by atoms with van der Waals surface area (Å²) in [7, 11) is -3.85. The fourth-order valence-corrected chi connectivity index (χ4v) is 3.22. The number of rotatable bonds is 2. The molecule has 1 aliphatic heterocycles. The Labute approximate surface area is 98.2 Å². The van der Waals surface area contributed by atoms with Gasteiger partial charge in [-0.25, -0.2) is 12.8 Å². The van der Waals surface area contributed by atoms with Crippen LogP contribution in [0.3, 0.4) is 0 Å². The first kappa shape index (κ1) is 12.4. The molecule has 1 aliphatic rings. The molecule has 0 saturated carbocycles. The highest BCUT2D eigenvalue weighted by molar-refractivity contribution is 7.89. The largest absolute Gasteiger partial charge is 0.389 e. The first-order chi connectivity index (χ1) is 7.91. The van der Waals surface area contributed by atoms with E-state index in [1.54, 1.807) is 0 Å². The van der Waals surface area contributed by atoms with Crippen molar-refractivity contribution in [1.82, 2.24) is 4.31 Å². The molecule has 1 aromatic rings. The highest BCUT2D eigenvalue weighted by Gasteiger charge is 2.37. The van der Waals surface area contributed by atoms with Crippen LogP contribution in [0.25, 0.3) is 0 Å². The molecule has 0 amide bonds. The van der Waals surface area contributed by atoms with E-state index in [2.05, 4.69) is 0 Å². The van der Waals surface area contributed by atoms with E-state index in [-0.39, 0.29) is 18.0 Å². The summed E-state index contributed by atoms with van der Waals surface area (Å²) in [6.07, 6.45) is -2.20. The molecule has 1 aromatic carbocycles. The van der Waals surface area contributed by atoms with E-state index < -0.39 is 28.0 Å². The molecular formula is C10H12FNO4S. The average Bonchev–Trinajstić information content (AvgIpc) is 2.60. The zero-order valence-electron chi connectivity index (χ0n) is 8.82. The van der Waals surface area contributed by atoms with Crippen LogP contribution < -0.4 is 0 Å². The van der Waals surface area contributed by atoms with Crippen molar-refractivity contribution in [3.63, 3.8) is 0 Å². The molecule has 2 rings (SSSR count). The summed E-state index contributed by atoms with van der Waals surface area (Å²) in [5, 5.41) is 18.6. The standard InChI is InChI=1S/C10H12FNO4S/c11-7-2-1-3-8(4-7)17(15,16)12-5-9(13)10(14)6-12/h1-4,9-10,13-14H,5-6H2. The first-order valence-corrected chi connectivity index (χ1v) is 6.47. The summed E-state index contributed by atoms with van der Waals surface area (Å²) in [6.45, 7) is -0.361. The SMILES string of the molecule is O=S(=O)(c1cccc(F)c1)N1CC(O)C(O)C1. The van der Waals surface area contributed by atoms with Gasteiger partial charge in [-0.3, -0.25) is 0 Å². The molecule has 2 N–H and O–H groups in total. The number of aliphatic hydroxyl groups is 2. The van der Waals surface area contributed by atoms with Crippen LogP contribution in [0.2, 0.25) is 0 Å². The van der Waals surface area contributed by atoms with Crippen molar-refractivity contribution in [1.29, 1.82) is 0 Å². The second-order valence-electron chi connectivity index (χ2n) is 3.91. The Kier molecular flexibility index (Phi) is 3.17. The third-order valence-electron chi connectivity index (χ3n) is 2.66. The van der Waals surface area contributed by atoms with Gasteiger partial charge in [-0.05, 0) is 18.2 Å². The number of hydrogen-bond acceptors (Lipinski definition) is 4. The van der Waals surface area contributed by atoms with E-state index in [9.17, 15) is 23.0 Å². The van der Waals surface area contributed by atoms with Crippen LogP contribution in [-0.4, -0.2) is 48.2 Å². The monoisotopic (exact) mass is 261 g/mol. The predicted octanol–water partition coefficient (Wildman–Crippen LogP) is -0.448. The number of hydrogen-bond donors (Lipinski definition) is 2. The Hall–Kier alpha value is -1.02. The van der Waals surface area contributed by atoms with E-state index in [4.69, 9.17) is 0 Å². The van der Waals surface area contributed by atoms with Crippen LogP contribution in [0, 0.1) is 5.82 Å². The lowest BCUT2D eigenvalue weighted by Crippen LogP contribution is -2.30. The van der Waals surface area contributed by atoms with Gasteiger partial charge in [0.1, 0.15) is 5.82 Å². The lowest BCUT2D eigenvalue weighted by molar-refractivity contribution is 0.0572. The summed E-state index contributed by atoms with van der Waals surface area (Å²) < 4.78 is 37.9. The molecule has 0 aromatic heterocycles. The zero-order valence-corrected chi connectivity index (χ0v) is 9.64. The topological polar surface area (TPSA) is 77.8 Å². The van der Waals surface area contributed by atoms with Crippen molar-refractivity contribution in [2.75, 3.05) is 13.1 Å². The van der Waals surface area contributed by atoms with Gasteiger partial charge in [0, 0.05) is 13.1 Å². The Morgan fingerprint density at radius 3 is 2.35 bits per heavy atom. The number of aliphatic hydroxyl groups excluding tert-OH is 2. The maximum absolute atomic E-state index is 13.0. The van der Waals surface area contributed by atoms with Crippen LogP contribution in [-0.2, 0) is 10.0 Å². The number of benzene rings is 1. The summed E-state index contributed by atoms with van der Waals surface area (Å²) in [6, 6.07) is 4.62. The molecular weight excluding hydrogens is 249 g/mol. The van der Waals surface area contributed by atoms with Crippen molar-refractivity contribution < 1.29 is 23.0 Å². The van der Waals surface area contributed by atoms with E-state index in [0.29, 0.717) is 0 Å². The smallest absolute Gasteiger partial charge is 0.243 e. The van der Waals surface area contributed by atoms with Crippen molar-refractivity contribution in [2.45, 2.75) is 17.1 Å². The minimum Gasteiger partial charge on any atom is -0.389 e. The van der Waals surface area contributed by atoms with Gasteiger partial charge >= 0.3 is 0 Å². The fourth-order valence-electron chi connectivity index (χ4n) is 1.71. The molecule has 2 atom stereocenters. The van der Waals surface area contributed by atoms with Gasteiger partial charge in [-0.15, -0.1) is 0 Å². The van der Waals surface area contributed by atoms with E-state index in [1.165, 1.54) is 12.1 Å². The zero-order chi connectivity index (χ0) is 12.6. The summed E-state index contributed by atoms with van der Waals surface area (Å²) in [5.74, 6) is -0.647. The van der Waals surface area contributed by atoms with Gasteiger partial charge in [0.2, 0.25) is 10.0 Å². The minimum absolute atomic E-state index is 0.181. The van der Waals surface area contributed by atoms with Crippen LogP contribution in [0.4, 0.5) is 4.39 Å². The molecule has 0 spiro atoms. The molecule has 0 bridgehead atoms. The van der Waals surface area contributed by atoms with E-state index in [1.807, 2.05) is 0 Å². The maximum atomic E-state index is 13.0. The predicted molar refractivity (Wildman–Crippen MR) is 57.2 cm³/mol. The van der Waals surface area contributed by atoms with Crippen molar-refractivity contribution >= 4 is 10.0 Å². The summed E-state index contributed by atoms with van der Waals surface area (Å²) >= 11 is 0. The first-order valence-electron chi connectivity index (χ1n) is 5.03. The second-order valence-corrected chi connectivity index (χ2v) is 5.85. The quantitative estimate of drug-likeness (QED) is 0.756. The van der Waals surface area contributed by atoms with Gasteiger partial charge in [0.05, 0.1) is 17.1 Å². The van der Waals surface area contributed by atoms with Gasteiger partial charge in [-0.1, -0.05) is 6.07 Å². The molecule has 1 saturated heterocycles. The molecule has 5 nitrogen and oxygen atoms in total. The maximum Gasteiger partial charge on any atom is 0.243 e. The second kappa shape index (κ2) is 4.34. The number of nitrogens with zero attached hydrogens (tertiary/aromatic N) is 1. The number of sulfonamides is 1. The van der Waals surface area contributed by atoms with E-state index >= 15 is 0 Å². The van der Waals surface area contributed by atoms with Crippen LogP contribution >= 0.6 is 0 Å². The number of β-amino-alcohol motifs (C(OH)–C–C–N with tert-alkyl or cyclic N) is 2. The highest BCUT2D eigenvalue weighted by atomic mass is 32.2. The van der Waals surface area contributed by atoms with Gasteiger partial charge in [-0.2, -0.15) is 4.31 Å². The van der Waals surface area contributed by atoms with Crippen molar-refractivity contribution in [3.8, 4) is 0 Å². The Morgan fingerprint density at radius 1 is 1.24 bits per heavy atom. The molecule has 0 radical (unpaired) electrons. The van der Waals surface area contributed by atoms with E-state index in [0.717, 1.165) is 16.4 Å². The average molecular weight is 261 g/mol. The molecule has 94 valence electrons. The Bertz CT molecular complexity index is 509. The van der Waals surface area contributed by atoms with Crippen LogP contribution in [0.5, 0.6) is 0 Å². The molecule has 2 unspecified atom stereocenters. The molecule has 1 fully saturated rings. The third kappa shape index (κ3) is 2.32. The van der Waals surface area contributed by atoms with Crippen LogP contribution in [0.15, 0.2) is 29.2 Å². The molecule has 7 heteroatoms. The molecule has 17 heavy (non-hydrogen) atoms. The number of halogens is 1. The lowest BCUT2D eigenvalue weighted by Gasteiger charge is -2.15. The van der Waals surface area contributed by atoms with Crippen molar-refractivity contribution in [2.24, 2.45) is 0 Å². The highest BCUT2D eigenvalue weighted by Crippen LogP contribution is 2.21. The molecule has 0 aliphatic carbocycles. The van der Waals surface area contributed by atoms with Crippen molar-refractivity contribution in [3.05, 3.63) is 30.1 Å². The lowest BCUT2D eigenvalue weighted by atomic mass is 10.3. The fraction of sp³-hybridized carbons (Fsp3) is 0.400. The van der Waals surface area contributed by atoms with Gasteiger partial charge < -0.3 is 10.2 Å². The molecule has 1 heterocycles. The Balaban J connectivity index is 2.32. The Morgan fingerprint density at radius 2 is 1.82 bits per heavy atom.